The Morgan fingerprint density at radius 2 is 1.77 bits per heavy atom. The normalized spacial score (nSPS) is 19.5. The number of halogens is 4. The van der Waals surface area contributed by atoms with E-state index in [-0.39, 0.29) is 34.5 Å². The molecule has 3 atom stereocenters. The number of anilines is 1. The summed E-state index contributed by atoms with van der Waals surface area (Å²) in [6.07, 6.45) is 3.45. The van der Waals surface area contributed by atoms with Crippen LogP contribution in [-0.4, -0.2) is 43.2 Å². The van der Waals surface area contributed by atoms with Crippen LogP contribution in [-0.2, 0) is 26.7 Å². The van der Waals surface area contributed by atoms with Crippen molar-refractivity contribution in [3.63, 3.8) is 0 Å². The number of amides is 2. The van der Waals surface area contributed by atoms with Crippen LogP contribution >= 0.6 is 11.6 Å². The second kappa shape index (κ2) is 12.5. The summed E-state index contributed by atoms with van der Waals surface area (Å²) in [5.41, 5.74) is -0.661. The van der Waals surface area contributed by atoms with Crippen LogP contribution in [0.15, 0.2) is 23.2 Å². The summed E-state index contributed by atoms with van der Waals surface area (Å²) >= 11 is 6.28. The third-order valence-electron chi connectivity index (χ3n) is 6.84. The average Bonchev–Trinajstić information content (AvgIpc) is 3.16. The molecule has 1 aromatic heterocycles. The number of hydrogen-bond acceptors (Lipinski definition) is 5. The van der Waals surface area contributed by atoms with Gasteiger partial charge < -0.3 is 15.2 Å². The summed E-state index contributed by atoms with van der Waals surface area (Å²) in [7, 11) is -2.79. The first kappa shape index (κ1) is 30.6. The van der Waals surface area contributed by atoms with Crippen LogP contribution in [0.1, 0.15) is 56.4 Å². The van der Waals surface area contributed by atoms with Gasteiger partial charge in [-0.3, -0.25) is 14.4 Å². The van der Waals surface area contributed by atoms with E-state index < -0.39 is 56.1 Å². The quantitative estimate of drug-likeness (QED) is 0.286. The number of rotatable bonds is 10. The van der Waals surface area contributed by atoms with Crippen LogP contribution in [0.5, 0.6) is 0 Å². The molecule has 1 heterocycles. The highest BCUT2D eigenvalue weighted by atomic mass is 35.5. The van der Waals surface area contributed by atoms with Crippen molar-refractivity contribution in [1.29, 1.82) is 0 Å². The van der Waals surface area contributed by atoms with Gasteiger partial charge in [-0.25, -0.2) is 26.3 Å². The van der Waals surface area contributed by atoms with Gasteiger partial charge in [-0.15, -0.1) is 0 Å². The van der Waals surface area contributed by atoms with Crippen molar-refractivity contribution in [3.05, 3.63) is 46.5 Å². The number of ketones is 1. The zero-order valence-electron chi connectivity index (χ0n) is 21.6. The number of aryl methyl sites for hydroxylation is 1. The highest BCUT2D eigenvalue weighted by molar-refractivity contribution is 7.89. The van der Waals surface area contributed by atoms with Crippen LogP contribution < -0.4 is 15.4 Å². The number of Topliss-reactive ketones (excluding diaryl/α,β-unsaturated/α-hetero) is 1. The number of nitrogens with one attached hydrogen (secondary N) is 3. The predicted octanol–water partition coefficient (Wildman–Crippen LogP) is 3.92. The maximum absolute atomic E-state index is 13.5. The van der Waals surface area contributed by atoms with Gasteiger partial charge in [0.15, 0.2) is 17.5 Å². The molecule has 1 aromatic carbocycles. The van der Waals surface area contributed by atoms with E-state index in [9.17, 15) is 36.0 Å². The van der Waals surface area contributed by atoms with Gasteiger partial charge in [-0.05, 0) is 44.4 Å². The molecule has 9 nitrogen and oxygen atoms in total. The molecule has 3 unspecified atom stereocenters. The van der Waals surface area contributed by atoms with Crippen molar-refractivity contribution >= 4 is 44.9 Å². The van der Waals surface area contributed by atoms with Crippen LogP contribution in [0.2, 0.25) is 5.02 Å². The molecule has 3 rings (SSSR count). The van der Waals surface area contributed by atoms with E-state index in [1.165, 1.54) is 7.05 Å². The number of hydrogen-bond donors (Lipinski definition) is 3. The van der Waals surface area contributed by atoms with E-state index in [0.29, 0.717) is 44.4 Å². The summed E-state index contributed by atoms with van der Waals surface area (Å²) in [5.74, 6) is -6.50. The lowest BCUT2D eigenvalue weighted by Gasteiger charge is -2.34. The Morgan fingerprint density at radius 3 is 2.36 bits per heavy atom. The third-order valence-corrected chi connectivity index (χ3v) is 8.86. The molecule has 3 N–H and O–H groups in total. The van der Waals surface area contributed by atoms with Gasteiger partial charge in [0.25, 0.3) is 11.8 Å². The smallest absolute Gasteiger partial charge is 0.287 e. The molecule has 2 amide bonds. The topological polar surface area (TPSA) is 126 Å². The molecular weight excluding hydrogens is 561 g/mol. The summed E-state index contributed by atoms with van der Waals surface area (Å²) in [6.45, 7) is 4.06. The van der Waals surface area contributed by atoms with Gasteiger partial charge >= 0.3 is 0 Å². The van der Waals surface area contributed by atoms with E-state index in [1.807, 2.05) is 6.92 Å². The van der Waals surface area contributed by atoms with Gasteiger partial charge in [-0.1, -0.05) is 18.5 Å². The van der Waals surface area contributed by atoms with Gasteiger partial charge in [0.05, 0.1) is 5.02 Å². The summed E-state index contributed by atoms with van der Waals surface area (Å²) in [5, 5.41) is 4.27. The van der Waals surface area contributed by atoms with Gasteiger partial charge in [0.2, 0.25) is 15.8 Å². The largest absolute Gasteiger partial charge is 0.350 e. The number of benzene rings is 1. The fraction of sp³-hybridized carbons (Fsp3) is 0.480. The van der Waals surface area contributed by atoms with Crippen molar-refractivity contribution in [3.8, 4) is 0 Å². The average molecular weight is 591 g/mol. The fourth-order valence-electron chi connectivity index (χ4n) is 4.80. The van der Waals surface area contributed by atoms with Crippen molar-refractivity contribution in [2.45, 2.75) is 56.9 Å². The summed E-state index contributed by atoms with van der Waals surface area (Å²) < 4.78 is 70.3. The third kappa shape index (κ3) is 7.20. The SMILES string of the molecule is CCNC(=O)C(=O)CCC1CCC(NS(=O)(=O)c2cn(C)c(C(=O)Nc3cc(F)c(F)c(F)c3)c2Cl)CC1C. The lowest BCUT2D eigenvalue weighted by Crippen LogP contribution is -2.40. The maximum Gasteiger partial charge on any atom is 0.287 e. The second-order valence-electron chi connectivity index (χ2n) is 9.66. The number of aromatic nitrogens is 1. The van der Waals surface area contributed by atoms with Crippen molar-refractivity contribution < 1.29 is 36.0 Å². The number of carbonyl (C=O) groups is 3. The van der Waals surface area contributed by atoms with Crippen molar-refractivity contribution in [2.75, 3.05) is 11.9 Å². The zero-order chi connectivity index (χ0) is 29.1. The lowest BCUT2D eigenvalue weighted by molar-refractivity contribution is -0.138. The molecule has 0 aliphatic heterocycles. The minimum Gasteiger partial charge on any atom is -0.350 e. The monoisotopic (exact) mass is 590 g/mol. The fourth-order valence-corrected chi connectivity index (χ4v) is 6.78. The molecule has 1 aliphatic carbocycles. The molecule has 0 bridgehead atoms. The Labute approximate surface area is 229 Å². The van der Waals surface area contributed by atoms with Gasteiger partial charge in [0, 0.05) is 50.1 Å². The molecule has 214 valence electrons. The van der Waals surface area contributed by atoms with Crippen LogP contribution in [0.4, 0.5) is 18.9 Å². The first-order valence-electron chi connectivity index (χ1n) is 12.4. The van der Waals surface area contributed by atoms with Gasteiger partial charge in [0.1, 0.15) is 10.6 Å². The van der Waals surface area contributed by atoms with Crippen molar-refractivity contribution in [2.24, 2.45) is 18.9 Å². The van der Waals surface area contributed by atoms with E-state index >= 15 is 0 Å². The molecular formula is C25H30ClF3N4O5S. The van der Waals surface area contributed by atoms with Crippen LogP contribution in [0.25, 0.3) is 0 Å². The van der Waals surface area contributed by atoms with Crippen molar-refractivity contribution in [1.82, 2.24) is 14.6 Å². The number of carbonyl (C=O) groups excluding carboxylic acids is 3. The highest BCUT2D eigenvalue weighted by Gasteiger charge is 2.33. The number of nitrogens with zero attached hydrogens (tertiary/aromatic N) is 1. The molecule has 1 fully saturated rings. The Kier molecular flexibility index (Phi) is 9.83. The number of sulfonamides is 1. The minimum absolute atomic E-state index is 0.0811. The first-order valence-corrected chi connectivity index (χ1v) is 14.2. The first-order chi connectivity index (χ1) is 18.2. The summed E-state index contributed by atoms with van der Waals surface area (Å²) in [4.78, 5) is 36.0. The molecule has 1 aliphatic rings. The lowest BCUT2D eigenvalue weighted by atomic mass is 9.76. The Morgan fingerprint density at radius 1 is 1.13 bits per heavy atom. The molecule has 1 saturated carbocycles. The van der Waals surface area contributed by atoms with E-state index in [4.69, 9.17) is 11.6 Å². The predicted molar refractivity (Wildman–Crippen MR) is 138 cm³/mol. The molecule has 39 heavy (non-hydrogen) atoms. The van der Waals surface area contributed by atoms with E-state index in [2.05, 4.69) is 15.4 Å². The molecule has 2 aromatic rings. The second-order valence-corrected chi connectivity index (χ2v) is 11.7. The highest BCUT2D eigenvalue weighted by Crippen LogP contribution is 2.35. The Balaban J connectivity index is 1.66. The molecule has 0 radical (unpaired) electrons. The zero-order valence-corrected chi connectivity index (χ0v) is 23.2. The van der Waals surface area contributed by atoms with E-state index in [0.717, 1.165) is 10.8 Å². The standard InChI is InChI=1S/C25H30ClF3N4O5S/c1-4-30-24(35)19(34)8-6-14-5-7-15(9-13(14)2)32-39(37,38)20-12-33(3)23(21(20)26)25(36)31-16-10-17(27)22(29)18(28)11-16/h10-15,32H,4-9H2,1-3H3,(H,30,35)(H,31,36). The minimum atomic E-state index is -4.16. The Bertz CT molecular complexity index is 1360. The molecule has 0 spiro atoms. The van der Waals surface area contributed by atoms with Crippen LogP contribution in [0.3, 0.4) is 0 Å². The van der Waals surface area contributed by atoms with Crippen LogP contribution in [0, 0.1) is 29.3 Å². The molecule has 0 saturated heterocycles. The molecule has 14 heteroatoms. The summed E-state index contributed by atoms with van der Waals surface area (Å²) in [6, 6.07) is 0.749. The van der Waals surface area contributed by atoms with E-state index in [1.54, 1.807) is 6.92 Å². The number of likely N-dealkylation sites (N-methyl/N-ethyl adjacent to an activating group) is 1. The van der Waals surface area contributed by atoms with Gasteiger partial charge in [-0.2, -0.15) is 0 Å². The maximum atomic E-state index is 13.5. The Hall–Kier alpha value is -2.90.